The van der Waals surface area contributed by atoms with Gasteiger partial charge in [0.15, 0.2) is 0 Å². The van der Waals surface area contributed by atoms with Crippen LogP contribution < -0.4 is 5.32 Å². The van der Waals surface area contributed by atoms with Gasteiger partial charge in [0.2, 0.25) is 5.91 Å². The summed E-state index contributed by atoms with van der Waals surface area (Å²) in [5, 5.41) is 14.0. The minimum atomic E-state index is -4.32. The molecule has 0 aromatic heterocycles. The van der Waals surface area contributed by atoms with E-state index in [1.165, 1.54) is 148 Å². The lowest BCUT2D eigenvalue weighted by molar-refractivity contribution is -0.870. The van der Waals surface area contributed by atoms with Crippen molar-refractivity contribution < 1.29 is 32.9 Å². The third-order valence-corrected chi connectivity index (χ3v) is 13.3. The highest BCUT2D eigenvalue weighted by Gasteiger charge is 2.28. The van der Waals surface area contributed by atoms with Crippen LogP contribution in [0.25, 0.3) is 0 Å². The van der Waals surface area contributed by atoms with E-state index in [0.29, 0.717) is 23.9 Å². The molecule has 0 aromatic rings. The van der Waals surface area contributed by atoms with Crippen LogP contribution >= 0.6 is 7.82 Å². The van der Waals surface area contributed by atoms with Gasteiger partial charge in [0.05, 0.1) is 39.9 Å². The van der Waals surface area contributed by atoms with E-state index in [0.717, 1.165) is 70.6 Å². The molecule has 0 saturated heterocycles. The van der Waals surface area contributed by atoms with Crippen LogP contribution in [0.15, 0.2) is 60.8 Å². The van der Waals surface area contributed by atoms with Crippen LogP contribution in [-0.4, -0.2) is 73.4 Å². The minimum Gasteiger partial charge on any atom is -0.391 e. The zero-order valence-electron chi connectivity index (χ0n) is 43.9. The lowest BCUT2D eigenvalue weighted by atomic mass is 10.0. The molecule has 0 aliphatic rings. The van der Waals surface area contributed by atoms with Crippen molar-refractivity contribution in [3.8, 4) is 0 Å². The molecule has 386 valence electrons. The first-order valence-electron chi connectivity index (χ1n) is 27.7. The normalized spacial score (nSPS) is 14.5. The zero-order valence-corrected chi connectivity index (χ0v) is 44.8. The second-order valence-electron chi connectivity index (χ2n) is 19.9. The largest absolute Gasteiger partial charge is 0.472 e. The zero-order chi connectivity index (χ0) is 48.5. The van der Waals surface area contributed by atoms with Crippen molar-refractivity contribution in [2.45, 2.75) is 257 Å². The highest BCUT2D eigenvalue weighted by molar-refractivity contribution is 7.47. The summed E-state index contributed by atoms with van der Waals surface area (Å²) in [4.78, 5) is 23.2. The van der Waals surface area contributed by atoms with Crippen molar-refractivity contribution in [2.24, 2.45) is 0 Å². The van der Waals surface area contributed by atoms with Gasteiger partial charge >= 0.3 is 7.82 Å². The van der Waals surface area contributed by atoms with E-state index in [4.69, 9.17) is 9.05 Å². The molecule has 0 radical (unpaired) electrons. The van der Waals surface area contributed by atoms with Gasteiger partial charge in [-0.15, -0.1) is 0 Å². The number of hydrogen-bond donors (Lipinski definition) is 3. The van der Waals surface area contributed by atoms with Crippen molar-refractivity contribution in [3.05, 3.63) is 60.8 Å². The molecule has 1 amide bonds. The maximum atomic E-state index is 12.9. The number of quaternary nitrogens is 1. The number of unbranched alkanes of at least 4 members (excludes halogenated alkanes) is 27. The highest BCUT2D eigenvalue weighted by Crippen LogP contribution is 2.43. The number of amides is 1. The Balaban J connectivity index is 3.98. The third kappa shape index (κ3) is 50.1. The van der Waals surface area contributed by atoms with Crippen LogP contribution in [0.1, 0.15) is 245 Å². The van der Waals surface area contributed by atoms with Crippen molar-refractivity contribution in [3.63, 3.8) is 0 Å². The Hall–Kier alpha value is -1.80. The molecular formula is C57H108N2O6P+. The first-order chi connectivity index (χ1) is 32.0. The van der Waals surface area contributed by atoms with E-state index in [-0.39, 0.29) is 19.1 Å². The Labute approximate surface area is 409 Å². The number of allylic oxidation sites excluding steroid dienone is 10. The van der Waals surface area contributed by atoms with Crippen LogP contribution in [0, 0.1) is 0 Å². The van der Waals surface area contributed by atoms with Crippen molar-refractivity contribution >= 4 is 13.7 Å². The molecule has 0 spiro atoms. The fourth-order valence-corrected chi connectivity index (χ4v) is 8.69. The number of nitrogens with zero attached hydrogens (tertiary/aromatic N) is 1. The predicted molar refractivity (Wildman–Crippen MR) is 286 cm³/mol. The van der Waals surface area contributed by atoms with Crippen LogP contribution in [-0.2, 0) is 18.4 Å². The molecule has 0 aliphatic heterocycles. The summed E-state index contributed by atoms with van der Waals surface area (Å²) >= 11 is 0. The van der Waals surface area contributed by atoms with Gasteiger partial charge < -0.3 is 19.8 Å². The Morgan fingerprint density at radius 3 is 1.33 bits per heavy atom. The maximum absolute atomic E-state index is 12.9. The van der Waals surface area contributed by atoms with Gasteiger partial charge in [-0.1, -0.05) is 242 Å². The minimum absolute atomic E-state index is 0.0743. The first-order valence-corrected chi connectivity index (χ1v) is 29.1. The number of aliphatic hydroxyl groups excluding tert-OH is 1. The van der Waals surface area contributed by atoms with Crippen molar-refractivity contribution in [2.75, 3.05) is 40.9 Å². The lowest BCUT2D eigenvalue weighted by Crippen LogP contribution is -2.46. The van der Waals surface area contributed by atoms with Gasteiger partial charge in [0, 0.05) is 6.42 Å². The number of nitrogens with one attached hydrogen (secondary N) is 1. The van der Waals surface area contributed by atoms with E-state index in [2.05, 4.69) is 79.9 Å². The van der Waals surface area contributed by atoms with Gasteiger partial charge in [0.25, 0.3) is 0 Å². The number of aliphatic hydroxyl groups is 1. The Morgan fingerprint density at radius 1 is 0.530 bits per heavy atom. The molecule has 0 fully saturated rings. The van der Waals surface area contributed by atoms with Crippen molar-refractivity contribution in [1.29, 1.82) is 0 Å². The van der Waals surface area contributed by atoms with Gasteiger partial charge in [-0.25, -0.2) is 4.57 Å². The summed E-state index contributed by atoms with van der Waals surface area (Å²) in [5.74, 6) is -0.145. The average Bonchev–Trinajstić information content (AvgIpc) is 3.28. The van der Waals surface area contributed by atoms with Crippen molar-refractivity contribution in [1.82, 2.24) is 5.32 Å². The summed E-state index contributed by atoms with van der Waals surface area (Å²) in [6, 6.07) is -0.760. The molecule has 0 rings (SSSR count). The van der Waals surface area contributed by atoms with Gasteiger partial charge in [-0.2, -0.15) is 0 Å². The Bertz CT molecular complexity index is 1260. The fraction of sp³-hybridized carbons (Fsp3) is 0.807. The average molecular weight is 948 g/mol. The molecule has 0 saturated carbocycles. The number of phosphoric ester groups is 1. The number of carbonyl (C=O) groups excluding carboxylic acids is 1. The van der Waals surface area contributed by atoms with Crippen LogP contribution in [0.4, 0.5) is 0 Å². The second kappa shape index (κ2) is 48.2. The van der Waals surface area contributed by atoms with E-state index < -0.39 is 20.0 Å². The molecule has 3 N–H and O–H groups in total. The smallest absolute Gasteiger partial charge is 0.391 e. The van der Waals surface area contributed by atoms with Gasteiger partial charge in [0.1, 0.15) is 13.2 Å². The molecule has 9 heteroatoms. The number of hydrogen-bond acceptors (Lipinski definition) is 5. The summed E-state index contributed by atoms with van der Waals surface area (Å²) in [5.41, 5.74) is 0. The first kappa shape index (κ1) is 64.2. The molecule has 0 aliphatic carbocycles. The van der Waals surface area contributed by atoms with E-state index >= 15 is 0 Å². The van der Waals surface area contributed by atoms with Crippen LogP contribution in [0.5, 0.6) is 0 Å². The van der Waals surface area contributed by atoms with Crippen LogP contribution in [0.2, 0.25) is 0 Å². The maximum Gasteiger partial charge on any atom is 0.472 e. The molecule has 66 heavy (non-hydrogen) atoms. The topological polar surface area (TPSA) is 105 Å². The molecular weight excluding hydrogens is 840 g/mol. The van der Waals surface area contributed by atoms with Crippen LogP contribution in [0.3, 0.4) is 0 Å². The standard InChI is InChI=1S/C57H107N2O6P/c1-6-8-10-12-14-16-18-19-20-21-22-23-24-25-26-27-28-29-30-31-32-33-34-35-36-37-38-39-41-43-45-47-49-51-57(61)58-55(54-65-66(62,63)64-53-52-59(3,4)5)56(60)50-48-46-44-42-40-17-15-13-11-9-7-2/h8,10,14,16,19-20,22-23,25-26,55-56,60H,6-7,9,11-13,15,17-18,21,24,27-54H2,1-5H3,(H-,58,61,62,63)/p+1/b10-8-,16-14-,20-19-,23-22-,26-25-. The van der Waals surface area contributed by atoms with E-state index in [9.17, 15) is 19.4 Å². The summed E-state index contributed by atoms with van der Waals surface area (Å²) in [7, 11) is 1.62. The number of rotatable bonds is 50. The van der Waals surface area contributed by atoms with Gasteiger partial charge in [-0.05, 0) is 57.8 Å². The summed E-state index contributed by atoms with van der Waals surface area (Å²) in [6.07, 6.45) is 64.3. The number of carbonyl (C=O) groups is 1. The molecule has 3 unspecified atom stereocenters. The highest BCUT2D eigenvalue weighted by atomic mass is 31.2. The fourth-order valence-electron chi connectivity index (χ4n) is 7.96. The lowest BCUT2D eigenvalue weighted by Gasteiger charge is -2.26. The molecule has 0 heterocycles. The van der Waals surface area contributed by atoms with E-state index in [1.54, 1.807) is 0 Å². The molecule has 0 aromatic carbocycles. The number of phosphoric acid groups is 1. The summed E-state index contributed by atoms with van der Waals surface area (Å²) in [6.45, 7) is 4.77. The second-order valence-corrected chi connectivity index (χ2v) is 21.4. The third-order valence-electron chi connectivity index (χ3n) is 12.3. The molecule has 3 atom stereocenters. The number of likely N-dealkylation sites (N-methyl/N-ethyl adjacent to an activating group) is 1. The van der Waals surface area contributed by atoms with Gasteiger partial charge in [-0.3, -0.25) is 13.8 Å². The Kier molecular flexibility index (Phi) is 46.9. The Morgan fingerprint density at radius 2 is 0.909 bits per heavy atom. The SMILES string of the molecule is CC/C=C\C/C=C\C/C=C\C/C=C\C/C=C\CCCCCCCCCCCCCCCCCCCC(=O)NC(COP(=O)(O)OCC[N+](C)(C)C)C(O)CCCCCCCCCCCCC. The molecule has 0 bridgehead atoms. The summed E-state index contributed by atoms with van der Waals surface area (Å²) < 4.78 is 23.7. The monoisotopic (exact) mass is 948 g/mol. The van der Waals surface area contributed by atoms with E-state index in [1.807, 2.05) is 21.1 Å². The quantitative estimate of drug-likeness (QED) is 0.0243. The molecule has 8 nitrogen and oxygen atoms in total. The predicted octanol–water partition coefficient (Wildman–Crippen LogP) is 16.5.